The van der Waals surface area contributed by atoms with E-state index in [0.717, 1.165) is 26.9 Å². The van der Waals surface area contributed by atoms with E-state index in [1.54, 1.807) is 25.6 Å². The van der Waals surface area contributed by atoms with E-state index in [2.05, 4.69) is 15.3 Å². The molecule has 0 spiro atoms. The molecule has 30 heavy (non-hydrogen) atoms. The SMILES string of the molecule is COc1cc2c(cc1NC(=O)Cc1csc(-c3cccnc3)n1)oc1ccccc12. The van der Waals surface area contributed by atoms with Gasteiger partial charge in [-0.05, 0) is 24.3 Å². The molecular formula is C23H17N3O3S. The number of aromatic nitrogens is 2. The smallest absolute Gasteiger partial charge is 0.230 e. The van der Waals surface area contributed by atoms with Crippen molar-refractivity contribution in [3.05, 3.63) is 72.0 Å². The average molecular weight is 415 g/mol. The lowest BCUT2D eigenvalue weighted by atomic mass is 10.1. The predicted octanol–water partition coefficient (Wildman–Crippen LogP) is 5.29. The number of carbonyl (C=O) groups is 1. The maximum Gasteiger partial charge on any atom is 0.230 e. The number of ether oxygens (including phenoxy) is 1. The maximum absolute atomic E-state index is 12.7. The van der Waals surface area contributed by atoms with Gasteiger partial charge in [0.25, 0.3) is 0 Å². The molecule has 0 aliphatic heterocycles. The van der Waals surface area contributed by atoms with Crippen LogP contribution >= 0.6 is 11.3 Å². The number of thiazole rings is 1. The molecule has 0 radical (unpaired) electrons. The van der Waals surface area contributed by atoms with Gasteiger partial charge < -0.3 is 14.5 Å². The Kier molecular flexibility index (Phi) is 4.65. The summed E-state index contributed by atoms with van der Waals surface area (Å²) >= 11 is 1.49. The topological polar surface area (TPSA) is 77.2 Å². The number of carbonyl (C=O) groups excluding carboxylic acids is 1. The standard InChI is InChI=1S/C23H17N3O3S/c1-28-21-10-17-16-6-2-3-7-19(16)29-20(17)11-18(21)26-22(27)9-15-13-30-23(25-15)14-5-4-8-24-12-14/h2-8,10-13H,9H2,1H3,(H,26,27). The number of nitrogens with zero attached hydrogens (tertiary/aromatic N) is 2. The Balaban J connectivity index is 1.39. The van der Waals surface area contributed by atoms with Gasteiger partial charge in [0.1, 0.15) is 21.9 Å². The van der Waals surface area contributed by atoms with Crippen LogP contribution in [0.5, 0.6) is 5.75 Å². The van der Waals surface area contributed by atoms with Crippen LogP contribution < -0.4 is 10.1 Å². The van der Waals surface area contributed by atoms with Crippen LogP contribution in [0.1, 0.15) is 5.69 Å². The molecule has 0 unspecified atom stereocenters. The van der Waals surface area contributed by atoms with Crippen LogP contribution in [-0.4, -0.2) is 23.0 Å². The summed E-state index contributed by atoms with van der Waals surface area (Å²) < 4.78 is 11.4. The molecule has 0 saturated heterocycles. The summed E-state index contributed by atoms with van der Waals surface area (Å²) in [5, 5.41) is 7.61. The van der Waals surface area contributed by atoms with E-state index in [1.165, 1.54) is 11.3 Å². The Hall–Kier alpha value is -3.71. The number of nitrogens with one attached hydrogen (secondary N) is 1. The van der Waals surface area contributed by atoms with Gasteiger partial charge in [-0.2, -0.15) is 0 Å². The Morgan fingerprint density at radius 2 is 2.03 bits per heavy atom. The first-order valence-electron chi connectivity index (χ1n) is 9.35. The second-order valence-corrected chi connectivity index (χ2v) is 7.62. The molecule has 0 saturated carbocycles. The first-order chi connectivity index (χ1) is 14.7. The summed E-state index contributed by atoms with van der Waals surface area (Å²) in [6, 6.07) is 15.3. The third-order valence-corrected chi connectivity index (χ3v) is 5.72. The van der Waals surface area contributed by atoms with Gasteiger partial charge in [-0.15, -0.1) is 11.3 Å². The molecule has 6 nitrogen and oxygen atoms in total. The molecule has 3 heterocycles. The summed E-state index contributed by atoms with van der Waals surface area (Å²) in [4.78, 5) is 21.3. The number of hydrogen-bond donors (Lipinski definition) is 1. The zero-order chi connectivity index (χ0) is 20.5. The summed E-state index contributed by atoms with van der Waals surface area (Å²) in [6.07, 6.45) is 3.64. The number of methoxy groups -OCH3 is 1. The van der Waals surface area contributed by atoms with Crippen molar-refractivity contribution in [3.63, 3.8) is 0 Å². The van der Waals surface area contributed by atoms with Gasteiger partial charge in [-0.1, -0.05) is 18.2 Å². The van der Waals surface area contributed by atoms with Gasteiger partial charge >= 0.3 is 0 Å². The van der Waals surface area contributed by atoms with Gasteiger partial charge in [-0.25, -0.2) is 4.98 Å². The molecule has 148 valence electrons. The molecule has 0 aliphatic carbocycles. The summed E-state index contributed by atoms with van der Waals surface area (Å²) in [5.41, 5.74) is 3.70. The first-order valence-corrected chi connectivity index (χ1v) is 10.2. The largest absolute Gasteiger partial charge is 0.495 e. The number of pyridine rings is 1. The van der Waals surface area contributed by atoms with Crippen molar-refractivity contribution in [1.29, 1.82) is 0 Å². The number of anilines is 1. The molecule has 3 aromatic heterocycles. The minimum atomic E-state index is -0.174. The van der Waals surface area contributed by atoms with Crippen molar-refractivity contribution >= 4 is 44.9 Å². The van der Waals surface area contributed by atoms with E-state index < -0.39 is 0 Å². The molecule has 5 aromatic rings. The highest BCUT2D eigenvalue weighted by Crippen LogP contribution is 2.36. The lowest BCUT2D eigenvalue weighted by molar-refractivity contribution is -0.115. The fraction of sp³-hybridized carbons (Fsp3) is 0.0870. The Bertz CT molecular complexity index is 1360. The van der Waals surface area contributed by atoms with Gasteiger partial charge in [0, 0.05) is 40.2 Å². The molecule has 5 rings (SSSR count). The number of hydrogen-bond acceptors (Lipinski definition) is 6. The van der Waals surface area contributed by atoms with Crippen molar-refractivity contribution in [2.24, 2.45) is 0 Å². The third-order valence-electron chi connectivity index (χ3n) is 4.77. The van der Waals surface area contributed by atoms with Crippen molar-refractivity contribution in [1.82, 2.24) is 9.97 Å². The van der Waals surface area contributed by atoms with Crippen molar-refractivity contribution in [3.8, 4) is 16.3 Å². The van der Waals surface area contributed by atoms with E-state index >= 15 is 0 Å². The van der Waals surface area contributed by atoms with Crippen LogP contribution in [0.25, 0.3) is 32.5 Å². The molecule has 7 heteroatoms. The molecule has 2 aromatic carbocycles. The number of benzene rings is 2. The molecule has 1 amide bonds. The van der Waals surface area contributed by atoms with E-state index in [4.69, 9.17) is 9.15 Å². The fourth-order valence-corrected chi connectivity index (χ4v) is 4.20. The number of amides is 1. The second kappa shape index (κ2) is 7.61. The van der Waals surface area contributed by atoms with Crippen LogP contribution in [0.15, 0.2) is 70.7 Å². The molecular weight excluding hydrogens is 398 g/mol. The predicted molar refractivity (Wildman–Crippen MR) is 118 cm³/mol. The van der Waals surface area contributed by atoms with Crippen molar-refractivity contribution in [2.45, 2.75) is 6.42 Å². The number of furan rings is 1. The van der Waals surface area contributed by atoms with Gasteiger partial charge in [0.05, 0.1) is 24.9 Å². The van der Waals surface area contributed by atoms with E-state index in [0.29, 0.717) is 22.7 Å². The minimum absolute atomic E-state index is 0.165. The zero-order valence-electron chi connectivity index (χ0n) is 16.1. The Morgan fingerprint density at radius 3 is 2.87 bits per heavy atom. The van der Waals surface area contributed by atoms with Crippen LogP contribution in [0.2, 0.25) is 0 Å². The van der Waals surface area contributed by atoms with Crippen LogP contribution in [0.3, 0.4) is 0 Å². The molecule has 1 N–H and O–H groups in total. The number of rotatable bonds is 5. The Labute approximate surface area is 176 Å². The number of fused-ring (bicyclic) bond motifs is 3. The number of para-hydroxylation sites is 1. The first kappa shape index (κ1) is 18.3. The normalized spacial score (nSPS) is 11.1. The summed E-state index contributed by atoms with van der Waals surface area (Å²) in [6.45, 7) is 0. The average Bonchev–Trinajstić information content (AvgIpc) is 3.37. The minimum Gasteiger partial charge on any atom is -0.495 e. The highest BCUT2D eigenvalue weighted by molar-refractivity contribution is 7.13. The zero-order valence-corrected chi connectivity index (χ0v) is 16.9. The summed E-state index contributed by atoms with van der Waals surface area (Å²) in [7, 11) is 1.58. The van der Waals surface area contributed by atoms with Gasteiger partial charge in [0.15, 0.2) is 0 Å². The van der Waals surface area contributed by atoms with Crippen molar-refractivity contribution < 1.29 is 13.9 Å². The van der Waals surface area contributed by atoms with E-state index in [1.807, 2.05) is 47.8 Å². The highest BCUT2D eigenvalue weighted by Gasteiger charge is 2.15. The van der Waals surface area contributed by atoms with E-state index in [-0.39, 0.29) is 12.3 Å². The fourth-order valence-electron chi connectivity index (χ4n) is 3.39. The van der Waals surface area contributed by atoms with Crippen LogP contribution in [0.4, 0.5) is 5.69 Å². The summed E-state index contributed by atoms with van der Waals surface area (Å²) in [5.74, 6) is 0.406. The monoisotopic (exact) mass is 415 g/mol. The lowest BCUT2D eigenvalue weighted by Crippen LogP contribution is -2.15. The van der Waals surface area contributed by atoms with Crippen LogP contribution in [0, 0.1) is 0 Å². The van der Waals surface area contributed by atoms with Gasteiger partial charge in [0.2, 0.25) is 5.91 Å². The van der Waals surface area contributed by atoms with Crippen molar-refractivity contribution in [2.75, 3.05) is 12.4 Å². The quantitative estimate of drug-likeness (QED) is 0.422. The Morgan fingerprint density at radius 1 is 1.13 bits per heavy atom. The van der Waals surface area contributed by atoms with E-state index in [9.17, 15) is 4.79 Å². The highest BCUT2D eigenvalue weighted by atomic mass is 32.1. The molecule has 0 aliphatic rings. The lowest BCUT2D eigenvalue weighted by Gasteiger charge is -2.10. The second-order valence-electron chi connectivity index (χ2n) is 6.76. The molecule has 0 atom stereocenters. The molecule has 0 fully saturated rings. The maximum atomic E-state index is 12.7. The van der Waals surface area contributed by atoms with Gasteiger partial charge in [-0.3, -0.25) is 9.78 Å². The third kappa shape index (κ3) is 3.40. The molecule has 0 bridgehead atoms. The van der Waals surface area contributed by atoms with Crippen LogP contribution in [-0.2, 0) is 11.2 Å².